The van der Waals surface area contributed by atoms with Gasteiger partial charge in [-0.05, 0) is 26.0 Å². The number of hydrogen-bond donors (Lipinski definition) is 2. The molecule has 0 saturated heterocycles. The summed E-state index contributed by atoms with van der Waals surface area (Å²) in [7, 11) is 0. The molecule has 8 heteroatoms. The Morgan fingerprint density at radius 3 is 2.58 bits per heavy atom. The van der Waals surface area contributed by atoms with Gasteiger partial charge in [-0.1, -0.05) is 0 Å². The number of benzene rings is 1. The van der Waals surface area contributed by atoms with Gasteiger partial charge in [0.05, 0.1) is 17.5 Å². The third kappa shape index (κ3) is 3.55. The van der Waals surface area contributed by atoms with E-state index in [0.29, 0.717) is 16.5 Å². The first-order valence-electron chi connectivity index (χ1n) is 7.14. The van der Waals surface area contributed by atoms with Crippen molar-refractivity contribution in [3.63, 3.8) is 0 Å². The molecule has 124 valence electrons. The van der Waals surface area contributed by atoms with Gasteiger partial charge in [0, 0.05) is 23.2 Å². The molecule has 0 fully saturated rings. The van der Waals surface area contributed by atoms with Crippen LogP contribution < -0.4 is 5.32 Å². The van der Waals surface area contributed by atoms with Crippen molar-refractivity contribution < 1.29 is 13.9 Å². The molecule has 0 radical (unpaired) electrons. The minimum Gasteiger partial charge on any atom is -0.387 e. The van der Waals surface area contributed by atoms with Crippen LogP contribution in [0.3, 0.4) is 0 Å². The normalized spacial score (nSPS) is 12.2. The highest BCUT2D eigenvalue weighted by molar-refractivity contribution is 7.13. The summed E-state index contributed by atoms with van der Waals surface area (Å²) in [6.07, 6.45) is -0.827. The van der Waals surface area contributed by atoms with Gasteiger partial charge in [0.25, 0.3) is 0 Å². The van der Waals surface area contributed by atoms with Crippen molar-refractivity contribution in [2.75, 3.05) is 5.32 Å². The molecule has 0 saturated carbocycles. The van der Waals surface area contributed by atoms with Crippen molar-refractivity contribution >= 4 is 22.8 Å². The Kier molecular flexibility index (Phi) is 4.50. The molecular formula is C16H14F2N4OS. The van der Waals surface area contributed by atoms with Gasteiger partial charge in [0.2, 0.25) is 0 Å². The first-order chi connectivity index (χ1) is 11.4. The Hall–Kier alpha value is -2.45. The van der Waals surface area contributed by atoms with Crippen LogP contribution in [-0.4, -0.2) is 20.1 Å². The largest absolute Gasteiger partial charge is 0.387 e. The molecule has 2 heterocycles. The number of hydrogen-bond acceptors (Lipinski definition) is 6. The second-order valence-electron chi connectivity index (χ2n) is 5.22. The summed E-state index contributed by atoms with van der Waals surface area (Å²) in [6.45, 7) is 3.42. The van der Waals surface area contributed by atoms with Crippen LogP contribution in [-0.2, 0) is 0 Å². The van der Waals surface area contributed by atoms with Crippen LogP contribution in [0.4, 0.5) is 20.3 Å². The van der Waals surface area contributed by atoms with E-state index in [4.69, 9.17) is 0 Å². The maximum atomic E-state index is 13.8. The zero-order valence-corrected chi connectivity index (χ0v) is 13.7. The van der Waals surface area contributed by atoms with E-state index in [2.05, 4.69) is 20.3 Å². The molecule has 1 atom stereocenters. The third-order valence-electron chi connectivity index (χ3n) is 3.18. The number of aromatic nitrogens is 3. The average molecular weight is 348 g/mol. The first kappa shape index (κ1) is 16.4. The van der Waals surface area contributed by atoms with E-state index in [1.54, 1.807) is 6.92 Å². The Morgan fingerprint density at radius 2 is 1.96 bits per heavy atom. The molecular weight excluding hydrogens is 334 g/mol. The lowest BCUT2D eigenvalue weighted by molar-refractivity contribution is 0.194. The summed E-state index contributed by atoms with van der Waals surface area (Å²) < 4.78 is 26.8. The molecule has 0 aliphatic heterocycles. The molecule has 0 spiro atoms. The van der Waals surface area contributed by atoms with Gasteiger partial charge in [-0.25, -0.2) is 23.7 Å². The van der Waals surface area contributed by atoms with Crippen LogP contribution in [0.2, 0.25) is 0 Å². The smallest absolute Gasteiger partial charge is 0.191 e. The Labute approximate surface area is 141 Å². The predicted octanol–water partition coefficient (Wildman–Crippen LogP) is 3.98. The monoisotopic (exact) mass is 348 g/mol. The molecule has 2 N–H and O–H groups in total. The molecule has 0 aliphatic carbocycles. The first-order valence-corrected chi connectivity index (χ1v) is 8.02. The number of nitrogens with one attached hydrogen (secondary N) is 1. The summed E-state index contributed by atoms with van der Waals surface area (Å²) in [5.74, 6) is -0.783. The summed E-state index contributed by atoms with van der Waals surface area (Å²) in [5, 5.41) is 15.1. The van der Waals surface area contributed by atoms with Crippen molar-refractivity contribution in [1.29, 1.82) is 0 Å². The number of aliphatic hydroxyl groups excluding tert-OH is 1. The molecule has 24 heavy (non-hydrogen) atoms. The SMILES string of the molecule is Cc1csc(-c2nc(Nc3ccc(F)cc3F)cc(C(C)O)n2)n1. The third-order valence-corrected chi connectivity index (χ3v) is 4.13. The molecule has 5 nitrogen and oxygen atoms in total. The zero-order valence-electron chi connectivity index (χ0n) is 12.9. The van der Waals surface area contributed by atoms with Crippen LogP contribution in [0, 0.1) is 18.6 Å². The number of aliphatic hydroxyl groups is 1. The summed E-state index contributed by atoms with van der Waals surface area (Å²) >= 11 is 1.37. The number of halogens is 2. The van der Waals surface area contributed by atoms with Gasteiger partial charge in [-0.2, -0.15) is 0 Å². The van der Waals surface area contributed by atoms with E-state index in [0.717, 1.165) is 17.8 Å². The van der Waals surface area contributed by atoms with E-state index in [-0.39, 0.29) is 11.5 Å². The molecule has 1 aromatic carbocycles. The lowest BCUT2D eigenvalue weighted by Gasteiger charge is -2.11. The minimum atomic E-state index is -0.827. The van der Waals surface area contributed by atoms with E-state index in [1.165, 1.54) is 23.5 Å². The van der Waals surface area contributed by atoms with Crippen molar-refractivity contribution in [2.24, 2.45) is 0 Å². The van der Waals surface area contributed by atoms with Gasteiger partial charge in [0.1, 0.15) is 17.5 Å². The molecule has 0 bridgehead atoms. The number of thiazole rings is 1. The van der Waals surface area contributed by atoms with E-state index < -0.39 is 17.7 Å². The molecule has 0 amide bonds. The Balaban J connectivity index is 2.02. The predicted molar refractivity (Wildman–Crippen MR) is 88.2 cm³/mol. The fourth-order valence-corrected chi connectivity index (χ4v) is 2.75. The highest BCUT2D eigenvalue weighted by Gasteiger charge is 2.14. The zero-order chi connectivity index (χ0) is 17.3. The maximum absolute atomic E-state index is 13.8. The summed E-state index contributed by atoms with van der Waals surface area (Å²) in [4.78, 5) is 12.9. The molecule has 3 aromatic rings. The van der Waals surface area contributed by atoms with E-state index in [1.807, 2.05) is 12.3 Å². The molecule has 1 unspecified atom stereocenters. The number of nitrogens with zero attached hydrogens (tertiary/aromatic N) is 3. The average Bonchev–Trinajstić information content (AvgIpc) is 2.96. The second kappa shape index (κ2) is 6.58. The van der Waals surface area contributed by atoms with Gasteiger partial charge < -0.3 is 10.4 Å². The summed E-state index contributed by atoms with van der Waals surface area (Å²) in [6, 6.07) is 4.72. The van der Waals surface area contributed by atoms with Gasteiger partial charge in [0.15, 0.2) is 10.8 Å². The van der Waals surface area contributed by atoms with E-state index in [9.17, 15) is 13.9 Å². The molecule has 0 aliphatic rings. The van der Waals surface area contributed by atoms with E-state index >= 15 is 0 Å². The highest BCUT2D eigenvalue weighted by atomic mass is 32.1. The van der Waals surface area contributed by atoms with Crippen molar-refractivity contribution in [3.8, 4) is 10.8 Å². The number of anilines is 2. The number of rotatable bonds is 4. The van der Waals surface area contributed by atoms with Gasteiger partial charge in [-0.3, -0.25) is 0 Å². The minimum absolute atomic E-state index is 0.0768. The standard InChI is InChI=1S/C16H14F2N4OS/c1-8-7-24-16(19-8)15-21-13(9(2)23)6-14(22-15)20-12-4-3-10(17)5-11(12)18/h3-7,9,23H,1-2H3,(H,20,21,22). The molecule has 2 aromatic heterocycles. The second-order valence-corrected chi connectivity index (χ2v) is 6.08. The van der Waals surface area contributed by atoms with Gasteiger partial charge >= 0.3 is 0 Å². The topological polar surface area (TPSA) is 70.9 Å². The van der Waals surface area contributed by atoms with Gasteiger partial charge in [-0.15, -0.1) is 11.3 Å². The Morgan fingerprint density at radius 1 is 1.17 bits per heavy atom. The fourth-order valence-electron chi connectivity index (χ4n) is 2.03. The number of aryl methyl sites for hydroxylation is 1. The maximum Gasteiger partial charge on any atom is 0.191 e. The fraction of sp³-hybridized carbons (Fsp3) is 0.188. The van der Waals surface area contributed by atoms with Crippen molar-refractivity contribution in [3.05, 3.63) is 52.7 Å². The van der Waals surface area contributed by atoms with Crippen LogP contribution in [0.5, 0.6) is 0 Å². The lowest BCUT2D eigenvalue weighted by Crippen LogP contribution is -2.04. The molecule has 3 rings (SSSR count). The lowest BCUT2D eigenvalue weighted by atomic mass is 10.2. The van der Waals surface area contributed by atoms with Crippen LogP contribution in [0.25, 0.3) is 10.8 Å². The quantitative estimate of drug-likeness (QED) is 0.746. The van der Waals surface area contributed by atoms with Crippen molar-refractivity contribution in [2.45, 2.75) is 20.0 Å². The summed E-state index contributed by atoms with van der Waals surface area (Å²) in [5.41, 5.74) is 1.28. The van der Waals surface area contributed by atoms with Crippen molar-refractivity contribution in [1.82, 2.24) is 15.0 Å². The van der Waals surface area contributed by atoms with Crippen LogP contribution in [0.1, 0.15) is 24.4 Å². The highest BCUT2D eigenvalue weighted by Crippen LogP contribution is 2.26. The Bertz CT molecular complexity index is 882. The van der Waals surface area contributed by atoms with Crippen LogP contribution >= 0.6 is 11.3 Å². The van der Waals surface area contributed by atoms with Crippen LogP contribution in [0.15, 0.2) is 29.6 Å².